The molecule has 22 heavy (non-hydrogen) atoms. The van der Waals surface area contributed by atoms with Gasteiger partial charge in [-0.25, -0.2) is 4.79 Å². The third-order valence-electron chi connectivity index (χ3n) is 2.29. The Kier molecular flexibility index (Phi) is 8.13. The molecule has 0 aliphatic rings. The van der Waals surface area contributed by atoms with Gasteiger partial charge in [-0.2, -0.15) is 0 Å². The van der Waals surface area contributed by atoms with Gasteiger partial charge in [0, 0.05) is 19.7 Å². The molecule has 0 aromatic carbocycles. The van der Waals surface area contributed by atoms with Crippen molar-refractivity contribution in [1.82, 2.24) is 20.8 Å². The molecule has 1 rings (SSSR count). The number of ether oxygens (including phenoxy) is 1. The Balaban J connectivity index is 2.42. The van der Waals surface area contributed by atoms with Gasteiger partial charge in [0.15, 0.2) is 4.34 Å². The maximum absolute atomic E-state index is 11.9. The normalized spacial score (nSPS) is 12.0. The highest BCUT2D eigenvalue weighted by atomic mass is 32.2. The second-order valence-electron chi connectivity index (χ2n) is 4.67. The van der Waals surface area contributed by atoms with Crippen molar-refractivity contribution in [2.75, 3.05) is 25.6 Å². The average Bonchev–Trinajstić information content (AvgIpc) is 2.85. The molecule has 0 unspecified atom stereocenters. The summed E-state index contributed by atoms with van der Waals surface area (Å²) in [6, 6.07) is -0.522. The van der Waals surface area contributed by atoms with Crippen LogP contribution < -0.4 is 16.0 Å². The minimum atomic E-state index is -0.494. The lowest BCUT2D eigenvalue weighted by Gasteiger charge is -2.11. The van der Waals surface area contributed by atoms with Crippen molar-refractivity contribution in [3.05, 3.63) is 0 Å². The number of thioether (sulfide) groups is 1. The van der Waals surface area contributed by atoms with Crippen molar-refractivity contribution in [3.8, 4) is 0 Å². The van der Waals surface area contributed by atoms with Crippen LogP contribution in [0.1, 0.15) is 20.8 Å². The van der Waals surface area contributed by atoms with Crippen molar-refractivity contribution in [1.29, 1.82) is 0 Å². The predicted octanol–water partition coefficient (Wildman–Crippen LogP) is 1.31. The van der Waals surface area contributed by atoms with Crippen LogP contribution in [0.3, 0.4) is 0 Å². The number of anilines is 1. The second-order valence-corrected chi connectivity index (χ2v) is 7.24. The zero-order valence-corrected chi connectivity index (χ0v) is 14.6. The van der Waals surface area contributed by atoms with Crippen LogP contribution in [-0.4, -0.2) is 53.7 Å². The third-order valence-corrected chi connectivity index (χ3v) is 4.36. The summed E-state index contributed by atoms with van der Waals surface area (Å²) < 4.78 is 5.59. The van der Waals surface area contributed by atoms with E-state index >= 15 is 0 Å². The van der Waals surface area contributed by atoms with E-state index in [1.54, 1.807) is 14.0 Å². The summed E-state index contributed by atoms with van der Waals surface area (Å²) in [7, 11) is 1.62. The maximum atomic E-state index is 11.9. The molecule has 3 amide bonds. The van der Waals surface area contributed by atoms with Gasteiger partial charge in [-0.05, 0) is 20.8 Å². The van der Waals surface area contributed by atoms with Gasteiger partial charge in [-0.15, -0.1) is 10.2 Å². The number of carbonyl (C=O) groups excluding carboxylic acids is 2. The molecular weight excluding hydrogens is 326 g/mol. The van der Waals surface area contributed by atoms with Gasteiger partial charge in [0.2, 0.25) is 11.0 Å². The van der Waals surface area contributed by atoms with E-state index in [4.69, 9.17) is 4.74 Å². The molecule has 0 radical (unpaired) electrons. The van der Waals surface area contributed by atoms with Gasteiger partial charge in [-0.3, -0.25) is 10.1 Å². The number of amides is 3. The van der Waals surface area contributed by atoms with Gasteiger partial charge in [0.25, 0.3) is 0 Å². The molecule has 124 valence electrons. The van der Waals surface area contributed by atoms with Gasteiger partial charge < -0.3 is 15.4 Å². The number of hydrogen-bond donors (Lipinski definition) is 3. The summed E-state index contributed by atoms with van der Waals surface area (Å²) >= 11 is 2.61. The molecule has 1 aromatic rings. The topological polar surface area (TPSA) is 105 Å². The van der Waals surface area contributed by atoms with Gasteiger partial charge in [-0.1, -0.05) is 23.1 Å². The molecule has 0 bridgehead atoms. The molecule has 0 saturated heterocycles. The van der Waals surface area contributed by atoms with Crippen LogP contribution in [-0.2, 0) is 9.53 Å². The summed E-state index contributed by atoms with van der Waals surface area (Å²) in [5.41, 5.74) is 0. The highest BCUT2D eigenvalue weighted by Crippen LogP contribution is 2.28. The van der Waals surface area contributed by atoms with Crippen molar-refractivity contribution in [2.24, 2.45) is 0 Å². The fraction of sp³-hybridized carbons (Fsp3) is 0.667. The Morgan fingerprint density at radius 1 is 1.32 bits per heavy atom. The monoisotopic (exact) mass is 347 g/mol. The van der Waals surface area contributed by atoms with E-state index in [1.165, 1.54) is 23.1 Å². The van der Waals surface area contributed by atoms with E-state index in [2.05, 4.69) is 26.1 Å². The summed E-state index contributed by atoms with van der Waals surface area (Å²) in [6.07, 6.45) is 0. The van der Waals surface area contributed by atoms with Crippen LogP contribution in [0.25, 0.3) is 0 Å². The predicted molar refractivity (Wildman–Crippen MR) is 87.4 cm³/mol. The Morgan fingerprint density at radius 2 is 2.05 bits per heavy atom. The first kappa shape index (κ1) is 18.7. The number of rotatable bonds is 8. The summed E-state index contributed by atoms with van der Waals surface area (Å²) in [6.45, 7) is 6.57. The lowest BCUT2D eigenvalue weighted by molar-refractivity contribution is -0.119. The van der Waals surface area contributed by atoms with Crippen LogP contribution in [0, 0.1) is 0 Å². The molecule has 3 N–H and O–H groups in total. The van der Waals surface area contributed by atoms with E-state index < -0.39 is 11.3 Å². The van der Waals surface area contributed by atoms with Gasteiger partial charge in [0.05, 0.1) is 11.9 Å². The van der Waals surface area contributed by atoms with E-state index in [0.29, 0.717) is 22.6 Å². The third kappa shape index (κ3) is 7.05. The molecule has 0 aliphatic carbocycles. The number of methoxy groups -OCH3 is 1. The number of nitrogens with one attached hydrogen (secondary N) is 3. The number of urea groups is 1. The Hall–Kier alpha value is -1.39. The first-order valence-corrected chi connectivity index (χ1v) is 8.46. The van der Waals surface area contributed by atoms with Crippen LogP contribution in [0.15, 0.2) is 4.34 Å². The van der Waals surface area contributed by atoms with E-state index in [0.717, 1.165) is 0 Å². The second kappa shape index (κ2) is 9.59. The van der Waals surface area contributed by atoms with Crippen LogP contribution >= 0.6 is 23.1 Å². The molecule has 0 fully saturated rings. The first-order chi connectivity index (χ1) is 10.4. The number of nitrogens with zero attached hydrogens (tertiary/aromatic N) is 2. The summed E-state index contributed by atoms with van der Waals surface area (Å²) in [5.74, 6) is -0.368. The minimum absolute atomic E-state index is 0.0281. The zero-order chi connectivity index (χ0) is 16.5. The number of aromatic nitrogens is 2. The van der Waals surface area contributed by atoms with Gasteiger partial charge >= 0.3 is 6.03 Å². The Bertz CT molecular complexity index is 495. The fourth-order valence-electron chi connectivity index (χ4n) is 1.31. The molecule has 0 spiro atoms. The highest BCUT2D eigenvalue weighted by Gasteiger charge is 2.19. The van der Waals surface area contributed by atoms with E-state index in [1.807, 2.05) is 13.8 Å². The molecule has 1 atom stereocenters. The summed E-state index contributed by atoms with van der Waals surface area (Å²) in [5, 5.41) is 16.1. The van der Waals surface area contributed by atoms with Crippen molar-refractivity contribution < 1.29 is 14.3 Å². The summed E-state index contributed by atoms with van der Waals surface area (Å²) in [4.78, 5) is 23.4. The smallest absolute Gasteiger partial charge is 0.321 e. The standard InChI is InChI=1S/C12H21N5O3S2/c1-7(2)14-10(19)15-9(18)8(3)21-12-17-16-11(22-12)13-5-6-20-4/h7-8H,5-6H2,1-4H3,(H,13,16)(H2,14,15,18,19)/t8-/m0/s1. The number of carbonyl (C=O) groups is 2. The highest BCUT2D eigenvalue weighted by molar-refractivity contribution is 8.02. The van der Waals surface area contributed by atoms with Crippen LogP contribution in [0.2, 0.25) is 0 Å². The van der Waals surface area contributed by atoms with Gasteiger partial charge in [0.1, 0.15) is 0 Å². The van der Waals surface area contributed by atoms with Crippen molar-refractivity contribution in [2.45, 2.75) is 36.4 Å². The number of hydrogen-bond acceptors (Lipinski definition) is 8. The Labute approximate surface area is 137 Å². The molecule has 1 heterocycles. The molecule has 1 aromatic heterocycles. The zero-order valence-electron chi connectivity index (χ0n) is 13.0. The van der Waals surface area contributed by atoms with E-state index in [9.17, 15) is 9.59 Å². The largest absolute Gasteiger partial charge is 0.383 e. The first-order valence-electron chi connectivity index (χ1n) is 6.76. The van der Waals surface area contributed by atoms with Crippen LogP contribution in [0.4, 0.5) is 9.93 Å². The molecule has 0 aliphatic heterocycles. The quantitative estimate of drug-likeness (QED) is 0.481. The minimum Gasteiger partial charge on any atom is -0.383 e. The van der Waals surface area contributed by atoms with Crippen molar-refractivity contribution in [3.63, 3.8) is 0 Å². The van der Waals surface area contributed by atoms with E-state index in [-0.39, 0.29) is 11.9 Å². The lowest BCUT2D eigenvalue weighted by atomic mass is 10.4. The molecule has 0 saturated carbocycles. The SMILES string of the molecule is COCCNc1nnc(S[C@@H](C)C(=O)NC(=O)NC(C)C)s1. The molecular formula is C12H21N5O3S2. The molecule has 8 nitrogen and oxygen atoms in total. The number of imide groups is 1. The average molecular weight is 347 g/mol. The Morgan fingerprint density at radius 3 is 2.68 bits per heavy atom. The fourth-order valence-corrected chi connectivity index (χ4v) is 3.23. The van der Waals surface area contributed by atoms with Crippen LogP contribution in [0.5, 0.6) is 0 Å². The lowest BCUT2D eigenvalue weighted by Crippen LogP contribution is -2.45. The van der Waals surface area contributed by atoms with Crippen molar-refractivity contribution >= 4 is 40.2 Å². The maximum Gasteiger partial charge on any atom is 0.321 e. The molecule has 10 heteroatoms.